The summed E-state index contributed by atoms with van der Waals surface area (Å²) in [5.74, 6) is 0.371. The van der Waals surface area contributed by atoms with Gasteiger partial charge in [0.15, 0.2) is 11.0 Å². The Morgan fingerprint density at radius 2 is 1.89 bits per heavy atom. The van der Waals surface area contributed by atoms with Gasteiger partial charge in [-0.25, -0.2) is 19.0 Å². The highest BCUT2D eigenvalue weighted by Crippen LogP contribution is 2.18. The number of fused-ring (bicyclic) bond motifs is 1. The van der Waals surface area contributed by atoms with E-state index in [0.29, 0.717) is 26.6 Å². The average molecular weight is 538 g/mol. The van der Waals surface area contributed by atoms with Gasteiger partial charge < -0.3 is 15.5 Å². The monoisotopic (exact) mass is 537 g/mol. The molecular formula is C25H27N7O3S2. The molecule has 0 bridgehead atoms. The van der Waals surface area contributed by atoms with E-state index < -0.39 is 17.0 Å². The largest absolute Gasteiger partial charge is 0.384 e. The predicted octanol–water partition coefficient (Wildman–Crippen LogP) is 3.50. The lowest BCUT2D eigenvalue weighted by molar-refractivity contribution is 0.257. The molecule has 0 aliphatic carbocycles. The minimum atomic E-state index is -1.65. The van der Waals surface area contributed by atoms with Crippen molar-refractivity contribution in [2.45, 2.75) is 24.0 Å². The van der Waals surface area contributed by atoms with Gasteiger partial charge in [-0.2, -0.15) is 0 Å². The van der Waals surface area contributed by atoms with Crippen LogP contribution in [0.5, 0.6) is 0 Å². The number of carbonyl (C=O) groups excluding carboxylic acids is 1. The molecule has 1 unspecified atom stereocenters. The molecule has 10 nitrogen and oxygen atoms in total. The summed E-state index contributed by atoms with van der Waals surface area (Å²) >= 11 is 1.36. The SMILES string of the molecule is Cc1ccc(S(=O)NC(=O)Nc2ccc(-n3cnc4cc(NCCN5CCCC5)ccc4c3=O)nc2)s1. The molecular weight excluding hydrogens is 510 g/mol. The third kappa shape index (κ3) is 6.04. The first-order chi connectivity index (χ1) is 18.0. The zero-order chi connectivity index (χ0) is 25.8. The summed E-state index contributed by atoms with van der Waals surface area (Å²) in [6.45, 7) is 6.07. The molecule has 2 amide bonds. The Morgan fingerprint density at radius 3 is 2.62 bits per heavy atom. The Morgan fingerprint density at radius 1 is 1.08 bits per heavy atom. The van der Waals surface area contributed by atoms with Crippen LogP contribution in [0.1, 0.15) is 17.7 Å². The molecule has 192 valence electrons. The zero-order valence-corrected chi connectivity index (χ0v) is 21.9. The highest BCUT2D eigenvalue weighted by atomic mass is 32.2. The first-order valence-electron chi connectivity index (χ1n) is 12.0. The molecule has 1 aliphatic heterocycles. The standard InChI is InChI=1S/C25H27N7O3S2/c1-17-4-9-23(36-17)37(35)30-25(34)29-19-6-8-22(27-15-19)32-16-28-21-14-18(5-7-20(21)24(32)33)26-10-13-31-11-2-3-12-31/h4-9,14-16,26H,2-3,10-13H2,1H3,(H2,29,30,34). The van der Waals surface area contributed by atoms with Gasteiger partial charge in [0.05, 0.1) is 22.8 Å². The van der Waals surface area contributed by atoms with Crippen molar-refractivity contribution in [3.8, 4) is 5.82 Å². The number of amides is 2. The van der Waals surface area contributed by atoms with Crippen LogP contribution in [0.4, 0.5) is 16.2 Å². The first-order valence-corrected chi connectivity index (χ1v) is 13.9. The zero-order valence-electron chi connectivity index (χ0n) is 20.3. The third-order valence-corrected chi connectivity index (χ3v) is 8.42. The van der Waals surface area contributed by atoms with Gasteiger partial charge in [0.1, 0.15) is 16.4 Å². The van der Waals surface area contributed by atoms with E-state index in [1.54, 1.807) is 24.3 Å². The molecule has 1 aromatic carbocycles. The number of urea groups is 1. The number of thiophene rings is 1. The maximum Gasteiger partial charge on any atom is 0.331 e. The molecule has 1 atom stereocenters. The average Bonchev–Trinajstić information content (AvgIpc) is 3.57. The number of hydrogen-bond acceptors (Lipinski definition) is 8. The Bertz CT molecular complexity index is 1490. The maximum atomic E-state index is 13.1. The topological polar surface area (TPSA) is 121 Å². The second kappa shape index (κ2) is 11.2. The Hall–Kier alpha value is -3.61. The van der Waals surface area contributed by atoms with Crippen molar-refractivity contribution in [2.75, 3.05) is 36.8 Å². The fourth-order valence-electron chi connectivity index (χ4n) is 4.16. The second-order valence-corrected chi connectivity index (χ2v) is 11.4. The molecule has 1 saturated heterocycles. The van der Waals surface area contributed by atoms with Crippen LogP contribution < -0.4 is 20.9 Å². The van der Waals surface area contributed by atoms with Gasteiger partial charge in [-0.05, 0) is 75.3 Å². The van der Waals surface area contributed by atoms with Gasteiger partial charge in [0.2, 0.25) is 0 Å². The van der Waals surface area contributed by atoms with E-state index in [9.17, 15) is 13.8 Å². The Labute approximate surface area is 220 Å². The van der Waals surface area contributed by atoms with E-state index in [2.05, 4.69) is 30.2 Å². The van der Waals surface area contributed by atoms with Crippen molar-refractivity contribution in [3.63, 3.8) is 0 Å². The van der Waals surface area contributed by atoms with Crippen molar-refractivity contribution < 1.29 is 9.00 Å². The van der Waals surface area contributed by atoms with Crippen LogP contribution in [0.15, 0.2) is 64.0 Å². The van der Waals surface area contributed by atoms with Crippen molar-refractivity contribution in [3.05, 3.63) is 70.2 Å². The molecule has 4 aromatic rings. The van der Waals surface area contributed by atoms with Crippen LogP contribution >= 0.6 is 11.3 Å². The van der Waals surface area contributed by atoms with Gasteiger partial charge >= 0.3 is 6.03 Å². The fraction of sp³-hybridized carbons (Fsp3) is 0.280. The molecule has 3 aromatic heterocycles. The van der Waals surface area contributed by atoms with E-state index >= 15 is 0 Å². The molecule has 3 N–H and O–H groups in total. The minimum Gasteiger partial charge on any atom is -0.384 e. The van der Waals surface area contributed by atoms with E-state index in [4.69, 9.17) is 0 Å². The summed E-state index contributed by atoms with van der Waals surface area (Å²) in [5.41, 5.74) is 1.70. The van der Waals surface area contributed by atoms with Crippen LogP contribution in [0.25, 0.3) is 16.7 Å². The summed E-state index contributed by atoms with van der Waals surface area (Å²) in [6, 6.07) is 11.7. The van der Waals surface area contributed by atoms with E-state index in [0.717, 1.165) is 36.7 Å². The lowest BCUT2D eigenvalue weighted by Crippen LogP contribution is -2.30. The molecule has 1 aliphatic rings. The first kappa shape index (κ1) is 25.1. The van der Waals surface area contributed by atoms with E-state index in [1.807, 2.05) is 25.1 Å². The number of nitrogens with one attached hydrogen (secondary N) is 3. The van der Waals surface area contributed by atoms with E-state index in [-0.39, 0.29) is 5.56 Å². The summed E-state index contributed by atoms with van der Waals surface area (Å²) in [6.07, 6.45) is 5.42. The molecule has 1 fully saturated rings. The lowest BCUT2D eigenvalue weighted by Gasteiger charge is -2.15. The Balaban J connectivity index is 1.23. The summed E-state index contributed by atoms with van der Waals surface area (Å²) in [5, 5.41) is 6.50. The van der Waals surface area contributed by atoms with Gasteiger partial charge in [0, 0.05) is 23.7 Å². The summed E-state index contributed by atoms with van der Waals surface area (Å²) in [7, 11) is -1.65. The van der Waals surface area contributed by atoms with Crippen LogP contribution in [-0.4, -0.2) is 55.9 Å². The maximum absolute atomic E-state index is 13.1. The highest BCUT2D eigenvalue weighted by molar-refractivity contribution is 7.86. The van der Waals surface area contributed by atoms with Gasteiger partial charge in [-0.3, -0.25) is 14.1 Å². The number of anilines is 2. The number of aryl methyl sites for hydroxylation is 1. The van der Waals surface area contributed by atoms with Crippen molar-refractivity contribution >= 4 is 50.6 Å². The lowest BCUT2D eigenvalue weighted by atomic mass is 10.2. The van der Waals surface area contributed by atoms with Crippen LogP contribution in [0, 0.1) is 6.92 Å². The van der Waals surface area contributed by atoms with Gasteiger partial charge in [-0.1, -0.05) is 0 Å². The van der Waals surface area contributed by atoms with Crippen LogP contribution in [0.2, 0.25) is 0 Å². The number of carbonyl (C=O) groups is 1. The van der Waals surface area contributed by atoms with Crippen molar-refractivity contribution in [2.24, 2.45) is 0 Å². The molecule has 5 rings (SSSR count). The Kier molecular flexibility index (Phi) is 7.58. The van der Waals surface area contributed by atoms with Gasteiger partial charge in [0.25, 0.3) is 5.56 Å². The number of pyridine rings is 1. The quantitative estimate of drug-likeness (QED) is 0.315. The highest BCUT2D eigenvalue weighted by Gasteiger charge is 2.13. The normalized spacial score (nSPS) is 14.5. The van der Waals surface area contributed by atoms with Crippen molar-refractivity contribution in [1.82, 2.24) is 24.2 Å². The minimum absolute atomic E-state index is 0.235. The molecule has 37 heavy (non-hydrogen) atoms. The number of likely N-dealkylation sites (tertiary alicyclic amines) is 1. The number of nitrogens with zero attached hydrogens (tertiary/aromatic N) is 4. The summed E-state index contributed by atoms with van der Waals surface area (Å²) in [4.78, 5) is 37.5. The van der Waals surface area contributed by atoms with E-state index in [1.165, 1.54) is 41.3 Å². The number of hydrogen-bond donors (Lipinski definition) is 3. The molecule has 12 heteroatoms. The van der Waals surface area contributed by atoms with Crippen LogP contribution in [-0.2, 0) is 11.0 Å². The van der Waals surface area contributed by atoms with Crippen molar-refractivity contribution in [1.29, 1.82) is 0 Å². The smallest absolute Gasteiger partial charge is 0.331 e. The number of benzene rings is 1. The predicted molar refractivity (Wildman–Crippen MR) is 147 cm³/mol. The fourth-order valence-corrected chi connectivity index (χ4v) is 6.09. The number of aromatic nitrogens is 3. The molecule has 4 heterocycles. The number of rotatable bonds is 8. The third-order valence-electron chi connectivity index (χ3n) is 6.05. The molecule has 0 spiro atoms. The van der Waals surface area contributed by atoms with Crippen LogP contribution in [0.3, 0.4) is 0 Å². The molecule has 0 radical (unpaired) electrons. The van der Waals surface area contributed by atoms with Gasteiger partial charge in [-0.15, -0.1) is 11.3 Å². The summed E-state index contributed by atoms with van der Waals surface area (Å²) < 4.78 is 16.6. The molecule has 0 saturated carbocycles. The second-order valence-electron chi connectivity index (χ2n) is 8.72.